The van der Waals surface area contributed by atoms with Crippen LogP contribution in [0.2, 0.25) is 0 Å². The fourth-order valence-corrected chi connectivity index (χ4v) is 3.12. The number of rotatable bonds is 1. The lowest BCUT2D eigenvalue weighted by molar-refractivity contribution is 0.0976. The number of hydrogen-bond acceptors (Lipinski definition) is 5. The molecular weight excluding hydrogens is 274 g/mol. The highest BCUT2D eigenvalue weighted by Crippen LogP contribution is 2.30. The number of carbonyl (C=O) groups excluding carboxylic acids is 2. The maximum Gasteiger partial charge on any atom is 0.226 e. The van der Waals surface area contributed by atoms with Crippen molar-refractivity contribution in [1.29, 1.82) is 0 Å². The molecule has 2 aromatic heterocycles. The Kier molecular flexibility index (Phi) is 2.22. The quantitative estimate of drug-likeness (QED) is 0.536. The summed E-state index contributed by atoms with van der Waals surface area (Å²) in [4.78, 5) is 25.3. The second kappa shape index (κ2) is 3.94. The lowest BCUT2D eigenvalue weighted by Gasteiger charge is -2.10. The van der Waals surface area contributed by atoms with Crippen molar-refractivity contribution in [1.82, 2.24) is 15.0 Å². The maximum atomic E-state index is 12.5. The SMILES string of the molecule is O=C1c2nnn(-c3ccccc3)c2C(=O)c2ccsc21. The summed E-state index contributed by atoms with van der Waals surface area (Å²) in [5.74, 6) is -0.434. The Hall–Kier alpha value is -2.60. The Balaban J connectivity index is 1.98. The van der Waals surface area contributed by atoms with E-state index in [0.717, 1.165) is 0 Å². The summed E-state index contributed by atoms with van der Waals surface area (Å²) in [6.07, 6.45) is 0. The van der Waals surface area contributed by atoms with Gasteiger partial charge in [0.15, 0.2) is 5.69 Å². The Morgan fingerprint density at radius 1 is 1.00 bits per heavy atom. The largest absolute Gasteiger partial charge is 0.287 e. The zero-order valence-electron chi connectivity index (χ0n) is 10.1. The predicted molar refractivity (Wildman–Crippen MR) is 72.5 cm³/mol. The molecule has 0 radical (unpaired) electrons. The molecule has 3 aromatic rings. The van der Waals surface area contributed by atoms with Crippen molar-refractivity contribution < 1.29 is 9.59 Å². The third kappa shape index (κ3) is 1.36. The van der Waals surface area contributed by atoms with Gasteiger partial charge < -0.3 is 0 Å². The summed E-state index contributed by atoms with van der Waals surface area (Å²) in [5, 5.41) is 9.60. The highest BCUT2D eigenvalue weighted by atomic mass is 32.1. The molecular formula is C14H7N3O2S. The maximum absolute atomic E-state index is 12.5. The molecule has 0 fully saturated rings. The van der Waals surface area contributed by atoms with E-state index in [9.17, 15) is 9.59 Å². The summed E-state index contributed by atoms with van der Waals surface area (Å²) in [6.45, 7) is 0. The normalized spacial score (nSPS) is 13.2. The molecule has 6 heteroatoms. The first-order valence-electron chi connectivity index (χ1n) is 5.95. The van der Waals surface area contributed by atoms with Gasteiger partial charge in [-0.1, -0.05) is 23.4 Å². The van der Waals surface area contributed by atoms with E-state index in [-0.39, 0.29) is 23.0 Å². The monoisotopic (exact) mass is 281 g/mol. The van der Waals surface area contributed by atoms with Crippen LogP contribution in [0.5, 0.6) is 0 Å². The van der Waals surface area contributed by atoms with Crippen LogP contribution in [-0.2, 0) is 0 Å². The molecule has 0 saturated heterocycles. The van der Waals surface area contributed by atoms with Gasteiger partial charge in [0.05, 0.1) is 10.6 Å². The number of benzene rings is 1. The molecule has 0 unspecified atom stereocenters. The molecule has 0 amide bonds. The van der Waals surface area contributed by atoms with Gasteiger partial charge in [-0.25, -0.2) is 4.68 Å². The smallest absolute Gasteiger partial charge is 0.226 e. The van der Waals surface area contributed by atoms with Crippen LogP contribution in [0.4, 0.5) is 0 Å². The van der Waals surface area contributed by atoms with Crippen molar-refractivity contribution in [3.05, 3.63) is 63.6 Å². The Morgan fingerprint density at radius 2 is 1.80 bits per heavy atom. The number of hydrogen-bond donors (Lipinski definition) is 0. The minimum absolute atomic E-state index is 0.133. The van der Waals surface area contributed by atoms with Crippen LogP contribution in [0.15, 0.2) is 41.8 Å². The third-order valence-electron chi connectivity index (χ3n) is 3.22. The summed E-state index contributed by atoms with van der Waals surface area (Å²) < 4.78 is 1.43. The summed E-state index contributed by atoms with van der Waals surface area (Å²) in [7, 11) is 0. The lowest BCUT2D eigenvalue weighted by atomic mass is 9.97. The molecule has 0 atom stereocenters. The molecule has 5 nitrogen and oxygen atoms in total. The molecule has 0 spiro atoms. The van der Waals surface area contributed by atoms with Crippen molar-refractivity contribution in [2.24, 2.45) is 0 Å². The minimum atomic E-state index is -0.230. The van der Waals surface area contributed by atoms with Gasteiger partial charge in [-0.3, -0.25) is 9.59 Å². The first kappa shape index (κ1) is 11.2. The fraction of sp³-hybridized carbons (Fsp3) is 0. The molecule has 1 aliphatic rings. The fourth-order valence-electron chi connectivity index (χ4n) is 2.29. The first-order chi connectivity index (χ1) is 9.77. The molecule has 0 N–H and O–H groups in total. The number of aromatic nitrogens is 3. The standard InChI is InChI=1S/C14H7N3O2S/c18-12-9-6-7-20-14(9)13(19)10-11(12)17(16-15-10)8-4-2-1-3-5-8/h1-7H. The Morgan fingerprint density at radius 3 is 2.60 bits per heavy atom. The Labute approximate surface area is 117 Å². The van der Waals surface area contributed by atoms with Gasteiger partial charge in [0.1, 0.15) is 5.69 Å². The van der Waals surface area contributed by atoms with Crippen molar-refractivity contribution >= 4 is 22.9 Å². The molecule has 0 saturated carbocycles. The van der Waals surface area contributed by atoms with Gasteiger partial charge in [0.2, 0.25) is 11.6 Å². The lowest BCUT2D eigenvalue weighted by Crippen LogP contribution is -2.21. The van der Waals surface area contributed by atoms with Crippen LogP contribution < -0.4 is 0 Å². The van der Waals surface area contributed by atoms with E-state index in [1.165, 1.54) is 16.0 Å². The summed E-state index contributed by atoms with van der Waals surface area (Å²) >= 11 is 1.26. The van der Waals surface area contributed by atoms with Crippen LogP contribution in [0, 0.1) is 0 Å². The van der Waals surface area contributed by atoms with Gasteiger partial charge >= 0.3 is 0 Å². The van der Waals surface area contributed by atoms with Gasteiger partial charge in [-0.05, 0) is 23.6 Å². The molecule has 0 aliphatic heterocycles. The van der Waals surface area contributed by atoms with Gasteiger partial charge in [0, 0.05) is 5.56 Å². The molecule has 1 aliphatic carbocycles. The van der Waals surface area contributed by atoms with Gasteiger partial charge in [-0.2, -0.15) is 0 Å². The highest BCUT2D eigenvalue weighted by Gasteiger charge is 2.36. The zero-order chi connectivity index (χ0) is 13.7. The first-order valence-corrected chi connectivity index (χ1v) is 6.83. The number of thiophene rings is 1. The van der Waals surface area contributed by atoms with E-state index in [1.54, 1.807) is 11.4 Å². The predicted octanol–water partition coefficient (Wildman–Crippen LogP) is 2.10. The second-order valence-corrected chi connectivity index (χ2v) is 5.27. The van der Waals surface area contributed by atoms with Crippen LogP contribution in [0.3, 0.4) is 0 Å². The average Bonchev–Trinajstić information content (AvgIpc) is 3.13. The second-order valence-electron chi connectivity index (χ2n) is 4.36. The molecule has 96 valence electrons. The van der Waals surface area contributed by atoms with E-state index < -0.39 is 0 Å². The van der Waals surface area contributed by atoms with Gasteiger partial charge in [0.25, 0.3) is 0 Å². The minimum Gasteiger partial charge on any atom is -0.287 e. The van der Waals surface area contributed by atoms with Crippen molar-refractivity contribution in [3.63, 3.8) is 0 Å². The van der Waals surface area contributed by atoms with E-state index in [0.29, 0.717) is 16.1 Å². The summed E-state index contributed by atoms with van der Waals surface area (Å²) in [6, 6.07) is 10.9. The number of fused-ring (bicyclic) bond motifs is 2. The zero-order valence-corrected chi connectivity index (χ0v) is 10.9. The van der Waals surface area contributed by atoms with Crippen LogP contribution in [-0.4, -0.2) is 26.6 Å². The van der Waals surface area contributed by atoms with Gasteiger partial charge in [-0.15, -0.1) is 16.4 Å². The van der Waals surface area contributed by atoms with E-state index in [1.807, 2.05) is 30.3 Å². The molecule has 0 bridgehead atoms. The van der Waals surface area contributed by atoms with Crippen molar-refractivity contribution in [2.75, 3.05) is 0 Å². The number of carbonyl (C=O) groups is 2. The van der Waals surface area contributed by atoms with Crippen LogP contribution in [0.1, 0.15) is 31.4 Å². The van der Waals surface area contributed by atoms with E-state index in [4.69, 9.17) is 0 Å². The topological polar surface area (TPSA) is 64.8 Å². The summed E-state index contributed by atoms with van der Waals surface area (Å²) in [5.41, 5.74) is 1.52. The molecule has 20 heavy (non-hydrogen) atoms. The molecule has 2 heterocycles. The van der Waals surface area contributed by atoms with Crippen LogP contribution >= 0.6 is 11.3 Å². The molecule has 1 aromatic carbocycles. The third-order valence-corrected chi connectivity index (χ3v) is 4.13. The number of nitrogens with zero attached hydrogens (tertiary/aromatic N) is 3. The van der Waals surface area contributed by atoms with Crippen molar-refractivity contribution in [2.45, 2.75) is 0 Å². The van der Waals surface area contributed by atoms with E-state index in [2.05, 4.69) is 10.3 Å². The molecule has 4 rings (SSSR count). The Bertz CT molecular complexity index is 848. The van der Waals surface area contributed by atoms with Crippen LogP contribution in [0.25, 0.3) is 5.69 Å². The highest BCUT2D eigenvalue weighted by molar-refractivity contribution is 7.12. The average molecular weight is 281 g/mol. The number of ketones is 2. The number of para-hydroxylation sites is 1. The van der Waals surface area contributed by atoms with Crippen molar-refractivity contribution in [3.8, 4) is 5.69 Å². The van der Waals surface area contributed by atoms with E-state index >= 15 is 0 Å².